The van der Waals surface area contributed by atoms with E-state index in [9.17, 15) is 19.8 Å². The summed E-state index contributed by atoms with van der Waals surface area (Å²) in [5.74, 6) is -0.944. The Labute approximate surface area is 209 Å². The number of aromatic carboxylic acids is 2. The van der Waals surface area contributed by atoms with Gasteiger partial charge in [0.1, 0.15) is 53.1 Å². The highest BCUT2D eigenvalue weighted by Crippen LogP contribution is 2.32. The Bertz CT molecular complexity index is 1180. The minimum Gasteiger partial charge on any atom is -0.507 e. The van der Waals surface area contributed by atoms with Crippen LogP contribution in [0, 0.1) is 0 Å². The van der Waals surface area contributed by atoms with Crippen LogP contribution in [0.15, 0.2) is 60.7 Å². The first kappa shape index (κ1) is 27.8. The first-order chi connectivity index (χ1) is 16.9. The second-order valence-electron chi connectivity index (χ2n) is 8.61. The van der Waals surface area contributed by atoms with E-state index in [4.69, 9.17) is 24.4 Å². The molecule has 0 atom stereocenters. The summed E-state index contributed by atoms with van der Waals surface area (Å²) < 4.78 is 15.9. The van der Waals surface area contributed by atoms with Gasteiger partial charge in [-0.2, -0.15) is 0 Å². The summed E-state index contributed by atoms with van der Waals surface area (Å²) >= 11 is 0. The minimum absolute atomic E-state index is 0.0441. The molecule has 9 heteroatoms. The summed E-state index contributed by atoms with van der Waals surface area (Å²) in [4.78, 5) is 21.5. The molecule has 0 heterocycles. The average molecular weight is 499 g/mol. The maximum atomic E-state index is 10.8. The fourth-order valence-electron chi connectivity index (χ4n) is 3.09. The molecule has 192 valence electrons. The smallest absolute Gasteiger partial charge is 0.339 e. The van der Waals surface area contributed by atoms with Crippen molar-refractivity contribution in [3.05, 3.63) is 77.4 Å². The zero-order chi connectivity index (χ0) is 26.9. The van der Waals surface area contributed by atoms with Gasteiger partial charge in [-0.25, -0.2) is 9.59 Å². The minimum atomic E-state index is -1.19. The summed E-state index contributed by atoms with van der Waals surface area (Å²) in [5.41, 5.74) is 0.187. The predicted octanol–water partition coefficient (Wildman–Crippen LogP) is 4.94. The average Bonchev–Trinajstić information content (AvgIpc) is 2.81. The molecule has 0 unspecified atom stereocenters. The number of ether oxygens (including phenoxy) is 3. The summed E-state index contributed by atoms with van der Waals surface area (Å²) in [6.45, 7) is 6.35. The zero-order valence-electron chi connectivity index (χ0n) is 20.5. The number of hydrogen-bond acceptors (Lipinski definition) is 7. The molecular weight excluding hydrogens is 468 g/mol. The number of carboxylic acid groups (broad SMARTS) is 2. The lowest BCUT2D eigenvalue weighted by Crippen LogP contribution is -2.12. The lowest BCUT2D eigenvalue weighted by molar-refractivity contribution is 0.0682. The Morgan fingerprint density at radius 1 is 0.750 bits per heavy atom. The van der Waals surface area contributed by atoms with Gasteiger partial charge in [0, 0.05) is 11.6 Å². The second kappa shape index (κ2) is 12.3. The molecule has 0 aliphatic rings. The Morgan fingerprint density at radius 3 is 1.78 bits per heavy atom. The van der Waals surface area contributed by atoms with E-state index in [0.717, 1.165) is 5.75 Å². The number of phenols is 2. The third-order valence-corrected chi connectivity index (χ3v) is 4.95. The Morgan fingerprint density at radius 2 is 1.28 bits per heavy atom. The molecule has 0 saturated heterocycles. The molecule has 0 saturated carbocycles. The number of aromatic hydroxyl groups is 2. The van der Waals surface area contributed by atoms with Crippen LogP contribution >= 0.6 is 0 Å². The summed E-state index contributed by atoms with van der Waals surface area (Å²) in [7, 11) is 1.59. The zero-order valence-corrected chi connectivity index (χ0v) is 20.5. The van der Waals surface area contributed by atoms with Crippen molar-refractivity contribution in [2.75, 3.05) is 20.3 Å². The molecule has 0 fully saturated rings. The number of para-hydroxylation sites is 1. The molecular formula is C27H30O9. The number of carboxylic acids is 2. The van der Waals surface area contributed by atoms with Gasteiger partial charge in [0.2, 0.25) is 0 Å². The van der Waals surface area contributed by atoms with Crippen molar-refractivity contribution in [3.63, 3.8) is 0 Å². The molecule has 0 aliphatic carbocycles. The van der Waals surface area contributed by atoms with Crippen molar-refractivity contribution < 1.29 is 44.2 Å². The molecule has 3 aromatic rings. The van der Waals surface area contributed by atoms with E-state index in [1.54, 1.807) is 43.5 Å². The Hall–Kier alpha value is -4.40. The molecule has 0 spiro atoms. The number of hydrogen-bond donors (Lipinski definition) is 4. The molecule has 36 heavy (non-hydrogen) atoms. The first-order valence-corrected chi connectivity index (χ1v) is 11.0. The van der Waals surface area contributed by atoms with Crippen LogP contribution in [0.3, 0.4) is 0 Å². The summed E-state index contributed by atoms with van der Waals surface area (Å²) in [5, 5.41) is 36.9. The van der Waals surface area contributed by atoms with Gasteiger partial charge >= 0.3 is 11.9 Å². The van der Waals surface area contributed by atoms with Gasteiger partial charge in [-0.05, 0) is 47.9 Å². The molecule has 0 amide bonds. The predicted molar refractivity (Wildman–Crippen MR) is 133 cm³/mol. The van der Waals surface area contributed by atoms with Crippen molar-refractivity contribution in [3.8, 4) is 28.7 Å². The number of carbonyl (C=O) groups is 2. The highest BCUT2D eigenvalue weighted by atomic mass is 16.5. The molecule has 0 aliphatic heterocycles. The first-order valence-electron chi connectivity index (χ1n) is 11.0. The van der Waals surface area contributed by atoms with Gasteiger partial charge in [-0.3, -0.25) is 0 Å². The van der Waals surface area contributed by atoms with Crippen LogP contribution in [0.5, 0.6) is 28.7 Å². The van der Waals surface area contributed by atoms with Gasteiger partial charge in [0.25, 0.3) is 0 Å². The van der Waals surface area contributed by atoms with E-state index in [1.165, 1.54) is 24.3 Å². The van der Waals surface area contributed by atoms with Gasteiger partial charge < -0.3 is 34.6 Å². The van der Waals surface area contributed by atoms with E-state index in [-0.39, 0.29) is 34.6 Å². The van der Waals surface area contributed by atoms with Crippen molar-refractivity contribution >= 4 is 11.9 Å². The second-order valence-corrected chi connectivity index (χ2v) is 8.61. The van der Waals surface area contributed by atoms with Crippen LogP contribution in [0.25, 0.3) is 0 Å². The van der Waals surface area contributed by atoms with Crippen LogP contribution in [-0.2, 0) is 5.41 Å². The topological polar surface area (TPSA) is 143 Å². The fourth-order valence-corrected chi connectivity index (χ4v) is 3.09. The number of methoxy groups -OCH3 is 1. The molecule has 3 rings (SSSR count). The quantitative estimate of drug-likeness (QED) is 0.317. The van der Waals surface area contributed by atoms with Crippen molar-refractivity contribution in [1.82, 2.24) is 0 Å². The maximum Gasteiger partial charge on any atom is 0.339 e. The highest BCUT2D eigenvalue weighted by Gasteiger charge is 2.21. The van der Waals surface area contributed by atoms with Crippen molar-refractivity contribution in [2.45, 2.75) is 26.2 Å². The van der Waals surface area contributed by atoms with Gasteiger partial charge in [-0.1, -0.05) is 32.9 Å². The van der Waals surface area contributed by atoms with Gasteiger partial charge in [-0.15, -0.1) is 0 Å². The third-order valence-electron chi connectivity index (χ3n) is 4.95. The van der Waals surface area contributed by atoms with Crippen molar-refractivity contribution in [1.29, 1.82) is 0 Å². The van der Waals surface area contributed by atoms with E-state index in [2.05, 4.69) is 0 Å². The van der Waals surface area contributed by atoms with E-state index >= 15 is 0 Å². The van der Waals surface area contributed by atoms with E-state index in [0.29, 0.717) is 23.7 Å². The summed E-state index contributed by atoms with van der Waals surface area (Å²) in [6, 6.07) is 16.0. The van der Waals surface area contributed by atoms with Crippen LogP contribution in [0.4, 0.5) is 0 Å². The standard InChI is InChI=1S/C16H16O6.C11H14O3/c1-20-11-2-4-12(5-3-11)21-8-9-22-13-6-7-14(16(18)19)15(17)10-13;1-11(2,3)8-6-4-5-7(9(8)12)10(13)14/h2-7,10,17H,8-9H2,1H3,(H,18,19);4-6,12H,1-3H3,(H,13,14). The van der Waals surface area contributed by atoms with Gasteiger partial charge in [0.05, 0.1) is 7.11 Å². The number of rotatable bonds is 8. The Balaban J connectivity index is 0.000000281. The van der Waals surface area contributed by atoms with Crippen LogP contribution in [0.1, 0.15) is 47.1 Å². The molecule has 4 N–H and O–H groups in total. The largest absolute Gasteiger partial charge is 0.507 e. The Kier molecular flexibility index (Phi) is 9.55. The van der Waals surface area contributed by atoms with Crippen LogP contribution < -0.4 is 14.2 Å². The molecule has 0 aromatic heterocycles. The highest BCUT2D eigenvalue weighted by molar-refractivity contribution is 5.91. The SMILES string of the molecule is CC(C)(C)c1cccc(C(=O)O)c1O.COc1ccc(OCCOc2ccc(C(=O)O)c(O)c2)cc1. The molecule has 9 nitrogen and oxygen atoms in total. The van der Waals surface area contributed by atoms with Gasteiger partial charge in [0.15, 0.2) is 0 Å². The lowest BCUT2D eigenvalue weighted by atomic mass is 9.85. The van der Waals surface area contributed by atoms with E-state index < -0.39 is 11.9 Å². The van der Waals surface area contributed by atoms with E-state index in [1.807, 2.05) is 20.8 Å². The normalized spacial score (nSPS) is 10.6. The number of benzene rings is 3. The molecule has 0 radical (unpaired) electrons. The van der Waals surface area contributed by atoms with Crippen LogP contribution in [0.2, 0.25) is 0 Å². The molecule has 3 aromatic carbocycles. The third kappa shape index (κ3) is 7.83. The van der Waals surface area contributed by atoms with Crippen molar-refractivity contribution in [2.24, 2.45) is 0 Å². The fraction of sp³-hybridized carbons (Fsp3) is 0.259. The van der Waals surface area contributed by atoms with Crippen LogP contribution in [-0.4, -0.2) is 52.7 Å². The monoisotopic (exact) mass is 498 g/mol. The molecule has 0 bridgehead atoms. The lowest BCUT2D eigenvalue weighted by Gasteiger charge is -2.20. The maximum absolute atomic E-state index is 10.8. The summed E-state index contributed by atoms with van der Waals surface area (Å²) in [6.07, 6.45) is 0.